The van der Waals surface area contributed by atoms with Gasteiger partial charge in [-0.2, -0.15) is 0 Å². The van der Waals surface area contributed by atoms with E-state index in [2.05, 4.69) is 37.3 Å². The summed E-state index contributed by atoms with van der Waals surface area (Å²) < 4.78 is 11.6. The third kappa shape index (κ3) is 1.68. The van der Waals surface area contributed by atoms with E-state index >= 15 is 0 Å². The van der Waals surface area contributed by atoms with Crippen LogP contribution in [0.25, 0.3) is 10.8 Å². The van der Waals surface area contributed by atoms with Crippen LogP contribution in [0.4, 0.5) is 0 Å². The average Bonchev–Trinajstić information content (AvgIpc) is 2.39. The zero-order chi connectivity index (χ0) is 12.8. The van der Waals surface area contributed by atoms with Crippen molar-refractivity contribution < 1.29 is 9.47 Å². The number of rotatable bonds is 1. The number of methoxy groups -OCH3 is 1. The summed E-state index contributed by atoms with van der Waals surface area (Å²) in [7, 11) is 1.71. The molecular formula is C16H18O2. The first kappa shape index (κ1) is 11.5. The molecule has 2 nitrogen and oxygen atoms in total. The maximum Gasteiger partial charge on any atom is 0.207 e. The highest BCUT2D eigenvalue weighted by Crippen LogP contribution is 2.40. The minimum atomic E-state index is -0.486. The Morgan fingerprint density at radius 1 is 1.28 bits per heavy atom. The predicted octanol–water partition coefficient (Wildman–Crippen LogP) is 3.84. The van der Waals surface area contributed by atoms with Gasteiger partial charge in [-0.1, -0.05) is 24.3 Å². The molecule has 0 radical (unpaired) electrons. The first-order valence-corrected chi connectivity index (χ1v) is 6.38. The van der Waals surface area contributed by atoms with Crippen molar-refractivity contribution in [1.82, 2.24) is 0 Å². The molecule has 1 unspecified atom stereocenters. The van der Waals surface area contributed by atoms with Crippen LogP contribution in [0.1, 0.15) is 24.5 Å². The molecule has 1 aliphatic heterocycles. The third-order valence-corrected chi connectivity index (χ3v) is 3.87. The highest BCUT2D eigenvalue weighted by Gasteiger charge is 2.32. The fourth-order valence-electron chi connectivity index (χ4n) is 2.71. The lowest BCUT2D eigenvalue weighted by Crippen LogP contribution is -2.38. The highest BCUT2D eigenvalue weighted by atomic mass is 16.7. The summed E-state index contributed by atoms with van der Waals surface area (Å²) in [5.74, 6) is 0.518. The number of benzene rings is 2. The number of fused-ring (bicyclic) bond motifs is 3. The average molecular weight is 242 g/mol. The van der Waals surface area contributed by atoms with Crippen LogP contribution in [0.15, 0.2) is 30.3 Å². The summed E-state index contributed by atoms with van der Waals surface area (Å²) in [5, 5.41) is 2.59. The fourth-order valence-corrected chi connectivity index (χ4v) is 2.71. The molecule has 2 aromatic carbocycles. The van der Waals surface area contributed by atoms with Gasteiger partial charge in [-0.15, -0.1) is 0 Å². The lowest BCUT2D eigenvalue weighted by Gasteiger charge is -2.35. The molecule has 0 spiro atoms. The van der Waals surface area contributed by atoms with E-state index in [1.54, 1.807) is 7.11 Å². The zero-order valence-corrected chi connectivity index (χ0v) is 11.1. The molecule has 1 heterocycles. The first-order chi connectivity index (χ1) is 8.63. The van der Waals surface area contributed by atoms with E-state index in [0.717, 1.165) is 18.6 Å². The van der Waals surface area contributed by atoms with Gasteiger partial charge >= 0.3 is 0 Å². The molecule has 0 aliphatic carbocycles. The van der Waals surface area contributed by atoms with Gasteiger partial charge in [0.05, 0.1) is 0 Å². The Morgan fingerprint density at radius 3 is 2.83 bits per heavy atom. The minimum absolute atomic E-state index is 0.486. The second kappa shape index (κ2) is 3.99. The van der Waals surface area contributed by atoms with Crippen molar-refractivity contribution in [2.75, 3.05) is 7.11 Å². The molecule has 2 aromatic rings. The van der Waals surface area contributed by atoms with Crippen LogP contribution in [0.3, 0.4) is 0 Å². The molecule has 1 atom stereocenters. The van der Waals surface area contributed by atoms with Crippen LogP contribution in [0.2, 0.25) is 0 Å². The third-order valence-electron chi connectivity index (χ3n) is 3.87. The minimum Gasteiger partial charge on any atom is -0.462 e. The van der Waals surface area contributed by atoms with E-state index in [1.807, 2.05) is 6.92 Å². The topological polar surface area (TPSA) is 18.5 Å². The van der Waals surface area contributed by atoms with E-state index in [0.29, 0.717) is 0 Å². The van der Waals surface area contributed by atoms with E-state index in [-0.39, 0.29) is 0 Å². The van der Waals surface area contributed by atoms with Crippen molar-refractivity contribution in [2.45, 2.75) is 32.5 Å². The molecule has 1 aliphatic rings. The van der Waals surface area contributed by atoms with Crippen LogP contribution >= 0.6 is 0 Å². The molecule has 3 rings (SSSR count). The Bertz CT molecular complexity index is 603. The summed E-state index contributed by atoms with van der Waals surface area (Å²) in [6, 6.07) is 10.7. The maximum absolute atomic E-state index is 6.09. The quantitative estimate of drug-likeness (QED) is 0.756. The zero-order valence-electron chi connectivity index (χ0n) is 11.1. The van der Waals surface area contributed by atoms with Crippen molar-refractivity contribution in [3.63, 3.8) is 0 Å². The summed E-state index contributed by atoms with van der Waals surface area (Å²) in [6.07, 6.45) is 1.89. The van der Waals surface area contributed by atoms with E-state index < -0.39 is 5.79 Å². The standard InChI is InChI=1S/C16H18O2/c1-11-10-12-6-4-5-7-13(12)14-8-9-16(2,17-3)18-15(11)14/h4-7,10H,8-9H2,1-3H3. The lowest BCUT2D eigenvalue weighted by molar-refractivity contribution is -0.160. The van der Waals surface area contributed by atoms with Crippen molar-refractivity contribution >= 4 is 10.8 Å². The van der Waals surface area contributed by atoms with E-state index in [1.165, 1.54) is 21.9 Å². The lowest BCUT2D eigenvalue weighted by atomic mass is 9.92. The smallest absolute Gasteiger partial charge is 0.207 e. The summed E-state index contributed by atoms with van der Waals surface area (Å²) in [6.45, 7) is 4.11. The van der Waals surface area contributed by atoms with Crippen molar-refractivity contribution in [3.8, 4) is 5.75 Å². The van der Waals surface area contributed by atoms with E-state index in [9.17, 15) is 0 Å². The van der Waals surface area contributed by atoms with Gasteiger partial charge in [-0.3, -0.25) is 0 Å². The van der Waals surface area contributed by atoms with Crippen LogP contribution in [-0.2, 0) is 11.2 Å². The van der Waals surface area contributed by atoms with Gasteiger partial charge in [-0.05, 0) is 35.7 Å². The Hall–Kier alpha value is -1.54. The Balaban J connectivity index is 2.22. The fraction of sp³-hybridized carbons (Fsp3) is 0.375. The van der Waals surface area contributed by atoms with Gasteiger partial charge < -0.3 is 9.47 Å². The van der Waals surface area contributed by atoms with Gasteiger partial charge in [0.15, 0.2) is 0 Å². The van der Waals surface area contributed by atoms with Gasteiger partial charge in [-0.25, -0.2) is 0 Å². The van der Waals surface area contributed by atoms with E-state index in [4.69, 9.17) is 9.47 Å². The molecule has 94 valence electrons. The SMILES string of the molecule is COC1(C)CCc2c(c(C)cc3ccccc23)O1. The van der Waals surface area contributed by atoms with Crippen LogP contribution in [-0.4, -0.2) is 12.9 Å². The number of aryl methyl sites for hydroxylation is 2. The number of ether oxygens (including phenoxy) is 2. The predicted molar refractivity (Wildman–Crippen MR) is 73.0 cm³/mol. The molecule has 0 saturated carbocycles. The summed E-state index contributed by atoms with van der Waals surface area (Å²) in [4.78, 5) is 0. The molecule has 2 heteroatoms. The molecule has 0 fully saturated rings. The Labute approximate surface area is 108 Å². The van der Waals surface area contributed by atoms with Crippen LogP contribution < -0.4 is 4.74 Å². The van der Waals surface area contributed by atoms with Gasteiger partial charge in [0.1, 0.15) is 5.75 Å². The second-order valence-electron chi connectivity index (χ2n) is 5.16. The van der Waals surface area contributed by atoms with Crippen molar-refractivity contribution in [1.29, 1.82) is 0 Å². The molecule has 0 aromatic heterocycles. The van der Waals surface area contributed by atoms with Gasteiger partial charge in [0.25, 0.3) is 0 Å². The van der Waals surface area contributed by atoms with Crippen LogP contribution in [0.5, 0.6) is 5.75 Å². The molecule has 0 bridgehead atoms. The molecular weight excluding hydrogens is 224 g/mol. The first-order valence-electron chi connectivity index (χ1n) is 6.38. The molecule has 0 amide bonds. The van der Waals surface area contributed by atoms with Gasteiger partial charge in [0, 0.05) is 26.0 Å². The largest absolute Gasteiger partial charge is 0.462 e. The maximum atomic E-state index is 6.09. The number of hydrogen-bond donors (Lipinski definition) is 0. The van der Waals surface area contributed by atoms with Crippen molar-refractivity contribution in [2.24, 2.45) is 0 Å². The Morgan fingerprint density at radius 2 is 2.06 bits per heavy atom. The monoisotopic (exact) mass is 242 g/mol. The van der Waals surface area contributed by atoms with Crippen molar-refractivity contribution in [3.05, 3.63) is 41.5 Å². The second-order valence-corrected chi connectivity index (χ2v) is 5.16. The van der Waals surface area contributed by atoms with Crippen LogP contribution in [0, 0.1) is 6.92 Å². The number of hydrogen-bond acceptors (Lipinski definition) is 2. The summed E-state index contributed by atoms with van der Waals surface area (Å²) >= 11 is 0. The molecule has 0 saturated heterocycles. The normalized spacial score (nSPS) is 22.6. The highest BCUT2D eigenvalue weighted by molar-refractivity contribution is 5.89. The molecule has 0 N–H and O–H groups in total. The Kier molecular flexibility index (Phi) is 2.56. The van der Waals surface area contributed by atoms with Gasteiger partial charge in [0.2, 0.25) is 5.79 Å². The molecule has 18 heavy (non-hydrogen) atoms. The summed E-state index contributed by atoms with van der Waals surface area (Å²) in [5.41, 5.74) is 2.51.